The van der Waals surface area contributed by atoms with E-state index in [0.717, 1.165) is 54.4 Å². The molecule has 0 atom stereocenters. The standard InChI is InChI=1S/C25H26N4O2S2/c26-16-25(13-7-8-14-25)28-20(30)15-32-24-27-22-21(18-11-5-2-6-12-19(18)33-22)23(31)29(24)17-9-3-1-4-10-17/h1,3-4,9-10H,2,5-8,11-15H2,(H,28,30). The highest BCUT2D eigenvalue weighted by atomic mass is 32.2. The number of para-hydroxylation sites is 1. The van der Waals surface area contributed by atoms with Crippen molar-refractivity contribution in [2.45, 2.75) is 68.5 Å². The number of hydrogen-bond donors (Lipinski definition) is 1. The number of nitrogens with zero attached hydrogens (tertiary/aromatic N) is 3. The summed E-state index contributed by atoms with van der Waals surface area (Å²) in [7, 11) is 0. The second kappa shape index (κ2) is 9.32. The second-order valence-electron chi connectivity index (χ2n) is 8.85. The van der Waals surface area contributed by atoms with E-state index in [4.69, 9.17) is 4.98 Å². The van der Waals surface area contributed by atoms with Crippen LogP contribution in [-0.2, 0) is 17.6 Å². The van der Waals surface area contributed by atoms with E-state index >= 15 is 0 Å². The summed E-state index contributed by atoms with van der Waals surface area (Å²) >= 11 is 2.89. The zero-order chi connectivity index (χ0) is 22.8. The lowest BCUT2D eigenvalue weighted by Crippen LogP contribution is -2.45. The zero-order valence-corrected chi connectivity index (χ0v) is 20.1. The molecule has 0 spiro atoms. The van der Waals surface area contributed by atoms with E-state index in [0.29, 0.717) is 18.0 Å². The van der Waals surface area contributed by atoms with Gasteiger partial charge in [0.05, 0.1) is 22.9 Å². The van der Waals surface area contributed by atoms with E-state index < -0.39 is 5.54 Å². The van der Waals surface area contributed by atoms with Crippen LogP contribution in [0.2, 0.25) is 0 Å². The van der Waals surface area contributed by atoms with Crippen LogP contribution in [0.1, 0.15) is 55.4 Å². The summed E-state index contributed by atoms with van der Waals surface area (Å²) in [6, 6.07) is 11.8. The molecule has 170 valence electrons. The molecule has 1 aromatic carbocycles. The largest absolute Gasteiger partial charge is 0.337 e. The molecule has 8 heteroatoms. The van der Waals surface area contributed by atoms with Crippen molar-refractivity contribution in [1.82, 2.24) is 14.9 Å². The van der Waals surface area contributed by atoms with E-state index in [1.165, 1.54) is 28.6 Å². The fraction of sp³-hybridized carbons (Fsp3) is 0.440. The Kier molecular flexibility index (Phi) is 6.26. The first-order valence-electron chi connectivity index (χ1n) is 11.6. The number of fused-ring (bicyclic) bond motifs is 3. The molecule has 0 radical (unpaired) electrons. The molecule has 6 nitrogen and oxygen atoms in total. The molecule has 0 saturated heterocycles. The number of amides is 1. The topological polar surface area (TPSA) is 87.8 Å². The summed E-state index contributed by atoms with van der Waals surface area (Å²) in [5, 5.41) is 13.8. The first-order valence-corrected chi connectivity index (χ1v) is 13.4. The van der Waals surface area contributed by atoms with Crippen molar-refractivity contribution in [3.8, 4) is 11.8 Å². The van der Waals surface area contributed by atoms with Crippen LogP contribution in [0, 0.1) is 11.3 Å². The molecule has 1 fully saturated rings. The van der Waals surface area contributed by atoms with Gasteiger partial charge in [0, 0.05) is 4.88 Å². The highest BCUT2D eigenvalue weighted by Gasteiger charge is 2.35. The smallest absolute Gasteiger partial charge is 0.267 e. The summed E-state index contributed by atoms with van der Waals surface area (Å²) in [4.78, 5) is 33.5. The molecule has 2 aliphatic carbocycles. The average Bonchev–Trinajstić information content (AvgIpc) is 3.36. The number of thiophene rings is 1. The van der Waals surface area contributed by atoms with Gasteiger partial charge in [-0.2, -0.15) is 5.26 Å². The Morgan fingerprint density at radius 3 is 2.67 bits per heavy atom. The number of nitriles is 1. The van der Waals surface area contributed by atoms with E-state index in [9.17, 15) is 14.9 Å². The van der Waals surface area contributed by atoms with E-state index in [1.54, 1.807) is 15.9 Å². The Balaban J connectivity index is 1.52. The highest BCUT2D eigenvalue weighted by molar-refractivity contribution is 7.99. The third-order valence-corrected chi connectivity index (χ3v) is 8.73. The molecule has 5 rings (SSSR count). The normalized spacial score (nSPS) is 17.3. The fourth-order valence-electron chi connectivity index (χ4n) is 4.94. The van der Waals surface area contributed by atoms with Gasteiger partial charge in [0.25, 0.3) is 5.56 Å². The van der Waals surface area contributed by atoms with E-state index in [2.05, 4.69) is 11.4 Å². The van der Waals surface area contributed by atoms with Crippen molar-refractivity contribution in [3.05, 3.63) is 51.1 Å². The van der Waals surface area contributed by atoms with Gasteiger partial charge in [-0.3, -0.25) is 14.2 Å². The predicted octanol–water partition coefficient (Wildman–Crippen LogP) is 4.76. The van der Waals surface area contributed by atoms with Crippen molar-refractivity contribution < 1.29 is 4.79 Å². The van der Waals surface area contributed by atoms with Gasteiger partial charge in [-0.25, -0.2) is 4.98 Å². The Labute approximate surface area is 201 Å². The number of hydrogen-bond acceptors (Lipinski definition) is 6. The number of benzene rings is 1. The average molecular weight is 479 g/mol. The molecule has 2 aromatic heterocycles. The van der Waals surface area contributed by atoms with Gasteiger partial charge in [-0.15, -0.1) is 11.3 Å². The number of thioether (sulfide) groups is 1. The molecule has 33 heavy (non-hydrogen) atoms. The molecule has 3 aromatic rings. The first kappa shape index (κ1) is 22.2. The fourth-order valence-corrected chi connectivity index (χ4v) is 7.06. The zero-order valence-electron chi connectivity index (χ0n) is 18.4. The van der Waals surface area contributed by atoms with Gasteiger partial charge in [0.15, 0.2) is 5.16 Å². The minimum atomic E-state index is -0.751. The molecule has 1 saturated carbocycles. The molecule has 0 unspecified atom stereocenters. The highest BCUT2D eigenvalue weighted by Crippen LogP contribution is 2.35. The van der Waals surface area contributed by atoms with Crippen molar-refractivity contribution in [2.75, 3.05) is 5.75 Å². The van der Waals surface area contributed by atoms with Gasteiger partial charge < -0.3 is 5.32 Å². The molecule has 0 aliphatic heterocycles. The maximum atomic E-state index is 13.8. The molecule has 1 N–H and O–H groups in total. The van der Waals surface area contributed by atoms with Crippen molar-refractivity contribution in [2.24, 2.45) is 0 Å². The summed E-state index contributed by atoms with van der Waals surface area (Å²) in [6.07, 6.45) is 8.66. The van der Waals surface area contributed by atoms with Gasteiger partial charge in [0.1, 0.15) is 10.4 Å². The maximum absolute atomic E-state index is 13.8. The lowest BCUT2D eigenvalue weighted by Gasteiger charge is -2.22. The number of rotatable bonds is 5. The number of nitrogens with one attached hydrogen (secondary N) is 1. The molecule has 1 amide bonds. The van der Waals surface area contributed by atoms with Crippen LogP contribution in [0.5, 0.6) is 0 Å². The van der Waals surface area contributed by atoms with Crippen LogP contribution in [0.3, 0.4) is 0 Å². The number of carbonyl (C=O) groups excluding carboxylic acids is 1. The van der Waals surface area contributed by atoms with Gasteiger partial charge >= 0.3 is 0 Å². The summed E-state index contributed by atoms with van der Waals surface area (Å²) in [5.41, 5.74) is 1.11. The predicted molar refractivity (Wildman–Crippen MR) is 132 cm³/mol. The Bertz CT molecular complexity index is 1280. The second-order valence-corrected chi connectivity index (χ2v) is 10.9. The van der Waals surface area contributed by atoms with Crippen LogP contribution in [0.15, 0.2) is 40.3 Å². The van der Waals surface area contributed by atoms with Crippen LogP contribution >= 0.6 is 23.1 Å². The Morgan fingerprint density at radius 2 is 1.91 bits per heavy atom. The van der Waals surface area contributed by atoms with Crippen LogP contribution in [0.25, 0.3) is 15.9 Å². The van der Waals surface area contributed by atoms with Crippen molar-refractivity contribution in [1.29, 1.82) is 5.26 Å². The minimum Gasteiger partial charge on any atom is -0.337 e. The molecular formula is C25H26N4O2S2. The van der Waals surface area contributed by atoms with Crippen molar-refractivity contribution >= 4 is 39.2 Å². The molecule has 2 aliphatic rings. The Hall–Kier alpha value is -2.63. The SMILES string of the molecule is N#CC1(NC(=O)CSc2nc3sc4c(c3c(=O)n2-c2ccccc2)CCCCC4)CCCC1. The number of aromatic nitrogens is 2. The maximum Gasteiger partial charge on any atom is 0.267 e. The number of aryl methyl sites for hydroxylation is 2. The monoisotopic (exact) mass is 478 g/mol. The van der Waals surface area contributed by atoms with Crippen LogP contribution in [0.4, 0.5) is 0 Å². The first-order chi connectivity index (χ1) is 16.1. The Morgan fingerprint density at radius 1 is 1.15 bits per heavy atom. The van der Waals surface area contributed by atoms with E-state index in [1.807, 2.05) is 30.3 Å². The van der Waals surface area contributed by atoms with E-state index in [-0.39, 0.29) is 17.2 Å². The quantitative estimate of drug-likeness (QED) is 0.324. The van der Waals surface area contributed by atoms with Gasteiger partial charge in [-0.05, 0) is 69.1 Å². The molecule has 2 heterocycles. The third-order valence-electron chi connectivity index (χ3n) is 6.60. The lowest BCUT2D eigenvalue weighted by atomic mass is 10.0. The minimum absolute atomic E-state index is 0.0576. The molecule has 0 bridgehead atoms. The summed E-state index contributed by atoms with van der Waals surface area (Å²) < 4.78 is 1.65. The summed E-state index contributed by atoms with van der Waals surface area (Å²) in [6.45, 7) is 0. The molecular weight excluding hydrogens is 452 g/mol. The van der Waals surface area contributed by atoms with Crippen molar-refractivity contribution in [3.63, 3.8) is 0 Å². The van der Waals surface area contributed by atoms with Crippen LogP contribution < -0.4 is 10.9 Å². The van der Waals surface area contributed by atoms with Crippen LogP contribution in [-0.4, -0.2) is 26.8 Å². The van der Waals surface area contributed by atoms with Gasteiger partial charge in [-0.1, -0.05) is 36.4 Å². The summed E-state index contributed by atoms with van der Waals surface area (Å²) in [5.74, 6) is -0.0846. The third kappa shape index (κ3) is 4.32. The van der Waals surface area contributed by atoms with Gasteiger partial charge in [0.2, 0.25) is 5.91 Å². The number of carbonyl (C=O) groups is 1. The lowest BCUT2D eigenvalue weighted by molar-refractivity contribution is -0.119.